The van der Waals surface area contributed by atoms with Crippen LogP contribution in [0.4, 0.5) is 0 Å². The van der Waals surface area contributed by atoms with Gasteiger partial charge in [0.2, 0.25) is 0 Å². The van der Waals surface area contributed by atoms with Gasteiger partial charge in [0.1, 0.15) is 0 Å². The van der Waals surface area contributed by atoms with E-state index in [4.69, 9.17) is 4.98 Å². The van der Waals surface area contributed by atoms with E-state index in [0.717, 1.165) is 44.2 Å². The lowest BCUT2D eigenvalue weighted by Crippen LogP contribution is -1.93. The van der Waals surface area contributed by atoms with Crippen LogP contribution in [0.1, 0.15) is 0 Å². The topological polar surface area (TPSA) is 25.8 Å². The van der Waals surface area contributed by atoms with Crippen molar-refractivity contribution in [2.75, 3.05) is 0 Å². The zero-order valence-electron chi connectivity index (χ0n) is 33.8. The van der Waals surface area contributed by atoms with Crippen molar-refractivity contribution in [3.8, 4) is 66.9 Å². The molecule has 0 fully saturated rings. The summed E-state index contributed by atoms with van der Waals surface area (Å²) in [7, 11) is 0. The molecule has 0 saturated carbocycles. The summed E-state index contributed by atoms with van der Waals surface area (Å²) in [5.74, 6) is 0. The van der Waals surface area contributed by atoms with E-state index in [1.54, 1.807) is 0 Å². The highest BCUT2D eigenvalue weighted by atomic mass is 14.7. The van der Waals surface area contributed by atoms with Gasteiger partial charge in [0.05, 0.1) is 16.7 Å². The molecule has 288 valence electrons. The van der Waals surface area contributed by atoms with Gasteiger partial charge in [-0.2, -0.15) is 0 Å². The van der Waals surface area contributed by atoms with Gasteiger partial charge >= 0.3 is 0 Å². The Bertz CT molecular complexity index is 3610. The molecule has 0 bridgehead atoms. The van der Waals surface area contributed by atoms with Gasteiger partial charge in [-0.15, -0.1) is 0 Å². The first-order valence-electron chi connectivity index (χ1n) is 21.2. The molecule has 2 nitrogen and oxygen atoms in total. The lowest BCUT2D eigenvalue weighted by Gasteiger charge is -2.20. The summed E-state index contributed by atoms with van der Waals surface area (Å²) in [6.07, 6.45) is 1.84. The SMILES string of the molecule is c1ccc(-c2cc(-c3ccccc3)cc(-c3c4ccccc4c(-c4ccc5ccccc5c4)c4ccc(-c5ccc(-c6ccc7ccc8cccnc8c7n6)cc5)cc34)c2)cc1. The van der Waals surface area contributed by atoms with Gasteiger partial charge in [-0.1, -0.05) is 182 Å². The molecule has 12 aromatic rings. The maximum atomic E-state index is 5.14. The molecule has 2 heteroatoms. The minimum absolute atomic E-state index is 0.924. The second-order valence-electron chi connectivity index (χ2n) is 16.1. The zero-order valence-corrected chi connectivity index (χ0v) is 33.8. The van der Waals surface area contributed by atoms with Crippen LogP contribution in [0.2, 0.25) is 0 Å². The highest BCUT2D eigenvalue weighted by molar-refractivity contribution is 6.22. The third-order valence-corrected chi connectivity index (χ3v) is 12.4. The number of nitrogens with zero attached hydrogens (tertiary/aromatic N) is 2. The molecule has 0 aliphatic rings. The predicted octanol–water partition coefficient (Wildman–Crippen LogP) is 16.2. The molecule has 2 aromatic heterocycles. The van der Waals surface area contributed by atoms with Crippen LogP contribution in [0.25, 0.3) is 121 Å². The van der Waals surface area contributed by atoms with E-state index in [1.807, 2.05) is 12.3 Å². The van der Waals surface area contributed by atoms with E-state index in [1.165, 1.54) is 76.8 Å². The quantitative estimate of drug-likeness (QED) is 0.124. The molecule has 0 saturated heterocycles. The molecule has 12 rings (SSSR count). The number of pyridine rings is 2. The molecule has 0 amide bonds. The smallest absolute Gasteiger partial charge is 0.0972 e. The molecule has 0 unspecified atom stereocenters. The molecular formula is C60H38N2. The number of hydrogen-bond donors (Lipinski definition) is 0. The number of aromatic nitrogens is 2. The van der Waals surface area contributed by atoms with Crippen molar-refractivity contribution in [3.63, 3.8) is 0 Å². The average molecular weight is 787 g/mol. The predicted molar refractivity (Wildman–Crippen MR) is 262 cm³/mol. The van der Waals surface area contributed by atoms with Crippen molar-refractivity contribution in [1.29, 1.82) is 0 Å². The van der Waals surface area contributed by atoms with E-state index in [2.05, 4.69) is 223 Å². The van der Waals surface area contributed by atoms with Gasteiger partial charge in [0.25, 0.3) is 0 Å². The first-order valence-corrected chi connectivity index (χ1v) is 21.2. The third-order valence-electron chi connectivity index (χ3n) is 12.4. The fourth-order valence-electron chi connectivity index (χ4n) is 9.41. The summed E-state index contributed by atoms with van der Waals surface area (Å²) >= 11 is 0. The molecular weight excluding hydrogens is 749 g/mol. The number of benzene rings is 10. The van der Waals surface area contributed by atoms with Crippen LogP contribution in [0.3, 0.4) is 0 Å². The second-order valence-corrected chi connectivity index (χ2v) is 16.1. The molecule has 2 heterocycles. The lowest BCUT2D eigenvalue weighted by atomic mass is 9.83. The van der Waals surface area contributed by atoms with Crippen LogP contribution < -0.4 is 0 Å². The number of rotatable bonds is 6. The second kappa shape index (κ2) is 14.8. The Balaban J connectivity index is 1.08. The molecule has 0 aliphatic carbocycles. The maximum Gasteiger partial charge on any atom is 0.0972 e. The summed E-state index contributed by atoms with van der Waals surface area (Å²) in [6, 6.07) is 81.6. The minimum atomic E-state index is 0.924. The van der Waals surface area contributed by atoms with Crippen molar-refractivity contribution in [3.05, 3.63) is 231 Å². The highest BCUT2D eigenvalue weighted by Crippen LogP contribution is 2.47. The first kappa shape index (κ1) is 35.7. The summed E-state index contributed by atoms with van der Waals surface area (Å²) < 4.78 is 0. The Morgan fingerprint density at radius 3 is 1.47 bits per heavy atom. The largest absolute Gasteiger partial charge is 0.254 e. The van der Waals surface area contributed by atoms with Crippen LogP contribution in [-0.2, 0) is 0 Å². The normalized spacial score (nSPS) is 11.5. The monoisotopic (exact) mass is 786 g/mol. The van der Waals surface area contributed by atoms with Crippen LogP contribution in [-0.4, -0.2) is 9.97 Å². The highest BCUT2D eigenvalue weighted by Gasteiger charge is 2.20. The van der Waals surface area contributed by atoms with Crippen LogP contribution in [0.15, 0.2) is 231 Å². The number of fused-ring (bicyclic) bond motifs is 6. The molecule has 0 aliphatic heterocycles. The van der Waals surface area contributed by atoms with E-state index in [0.29, 0.717) is 0 Å². The van der Waals surface area contributed by atoms with Gasteiger partial charge < -0.3 is 0 Å². The van der Waals surface area contributed by atoms with Gasteiger partial charge in [0.15, 0.2) is 0 Å². The summed E-state index contributed by atoms with van der Waals surface area (Å²) in [4.78, 5) is 9.83. The summed E-state index contributed by atoms with van der Waals surface area (Å²) in [6.45, 7) is 0. The fraction of sp³-hybridized carbons (Fsp3) is 0. The Labute approximate surface area is 360 Å². The molecule has 0 radical (unpaired) electrons. The van der Waals surface area contributed by atoms with Gasteiger partial charge in [-0.3, -0.25) is 4.98 Å². The van der Waals surface area contributed by atoms with E-state index < -0.39 is 0 Å². The van der Waals surface area contributed by atoms with Crippen molar-refractivity contribution < 1.29 is 0 Å². The van der Waals surface area contributed by atoms with E-state index >= 15 is 0 Å². The van der Waals surface area contributed by atoms with Crippen LogP contribution in [0, 0.1) is 0 Å². The Kier molecular flexibility index (Phi) is 8.53. The lowest BCUT2D eigenvalue weighted by molar-refractivity contribution is 1.37. The van der Waals surface area contributed by atoms with Crippen molar-refractivity contribution in [2.45, 2.75) is 0 Å². The van der Waals surface area contributed by atoms with Crippen LogP contribution in [0.5, 0.6) is 0 Å². The average Bonchev–Trinajstić information content (AvgIpc) is 3.35. The van der Waals surface area contributed by atoms with Gasteiger partial charge in [0, 0.05) is 22.5 Å². The molecule has 0 atom stereocenters. The van der Waals surface area contributed by atoms with Crippen LogP contribution >= 0.6 is 0 Å². The van der Waals surface area contributed by atoms with E-state index in [9.17, 15) is 0 Å². The standard InChI is InChI=1S/C60H38N2/c1-3-12-39(13-4-1)49-35-50(40-14-5-2-6-15-40)37-51(36-49)58-53-20-10-9-19-52(53)57(48-28-23-41-16-7-8-17-46(41)34-48)54-31-29-47(38-55(54)58)42-21-24-43(25-22-42)56-32-30-45-27-26-44-18-11-33-61-59(44)60(45)62-56/h1-38H. The van der Waals surface area contributed by atoms with Crippen molar-refractivity contribution >= 4 is 54.1 Å². The molecule has 10 aromatic carbocycles. The van der Waals surface area contributed by atoms with Gasteiger partial charge in [-0.05, 0) is 130 Å². The zero-order chi connectivity index (χ0) is 41.0. The first-order chi connectivity index (χ1) is 30.7. The Hall–Kier alpha value is -8.20. The van der Waals surface area contributed by atoms with E-state index in [-0.39, 0.29) is 0 Å². The fourth-order valence-corrected chi connectivity index (χ4v) is 9.41. The minimum Gasteiger partial charge on any atom is -0.254 e. The molecule has 0 N–H and O–H groups in total. The number of hydrogen-bond acceptors (Lipinski definition) is 2. The van der Waals surface area contributed by atoms with Crippen molar-refractivity contribution in [1.82, 2.24) is 9.97 Å². The van der Waals surface area contributed by atoms with Gasteiger partial charge in [-0.25, -0.2) is 4.98 Å². The maximum absolute atomic E-state index is 5.14. The summed E-state index contributed by atoms with van der Waals surface area (Å²) in [5, 5.41) is 9.55. The molecule has 62 heavy (non-hydrogen) atoms. The summed E-state index contributed by atoms with van der Waals surface area (Å²) in [5.41, 5.74) is 15.8. The van der Waals surface area contributed by atoms with Crippen molar-refractivity contribution in [2.24, 2.45) is 0 Å². The Morgan fingerprint density at radius 2 is 0.742 bits per heavy atom. The Morgan fingerprint density at radius 1 is 0.242 bits per heavy atom. The molecule has 0 spiro atoms. The third kappa shape index (κ3) is 6.20.